The topological polar surface area (TPSA) is 237 Å². The first kappa shape index (κ1) is 77.1. The molecule has 0 aliphatic heterocycles. The van der Waals surface area contributed by atoms with Gasteiger partial charge < -0.3 is 33.8 Å². The quantitative estimate of drug-likeness (QED) is 0.0222. The second kappa shape index (κ2) is 54.0. The number of phosphoric acid groups is 2. The van der Waals surface area contributed by atoms with Crippen LogP contribution in [0.5, 0.6) is 0 Å². The minimum atomic E-state index is -4.94. The summed E-state index contributed by atoms with van der Waals surface area (Å²) < 4.78 is 67.7. The summed E-state index contributed by atoms with van der Waals surface area (Å²) in [4.78, 5) is 71.8. The highest BCUT2D eigenvalue weighted by Crippen LogP contribution is 2.45. The average molecular weight is 1170 g/mol. The summed E-state index contributed by atoms with van der Waals surface area (Å²) in [6.07, 6.45) is 36.4. The van der Waals surface area contributed by atoms with E-state index in [0.717, 1.165) is 116 Å². The van der Waals surface area contributed by atoms with Crippen molar-refractivity contribution in [3.8, 4) is 0 Å². The molecule has 0 radical (unpaired) electrons. The first-order valence-electron chi connectivity index (χ1n) is 31.6. The van der Waals surface area contributed by atoms with Gasteiger partial charge in [-0.2, -0.15) is 0 Å². The zero-order chi connectivity index (χ0) is 58.5. The van der Waals surface area contributed by atoms with Crippen LogP contribution in [-0.2, 0) is 65.4 Å². The van der Waals surface area contributed by atoms with Crippen molar-refractivity contribution < 1.29 is 80.2 Å². The van der Waals surface area contributed by atoms with E-state index in [1.807, 2.05) is 0 Å². The molecule has 0 saturated carbocycles. The minimum absolute atomic E-state index is 0.104. The Morgan fingerprint density at radius 2 is 0.582 bits per heavy atom. The van der Waals surface area contributed by atoms with Crippen LogP contribution in [0.1, 0.15) is 298 Å². The third-order valence-corrected chi connectivity index (χ3v) is 15.7. The van der Waals surface area contributed by atoms with Gasteiger partial charge in [-0.25, -0.2) is 9.13 Å². The van der Waals surface area contributed by atoms with E-state index in [1.54, 1.807) is 0 Å². The molecule has 3 N–H and O–H groups in total. The first-order chi connectivity index (χ1) is 38.0. The number of aliphatic hydroxyl groups is 1. The van der Waals surface area contributed by atoms with E-state index in [0.29, 0.717) is 31.6 Å². The number of rotatable bonds is 60. The summed E-state index contributed by atoms with van der Waals surface area (Å²) >= 11 is 0. The molecule has 19 heteroatoms. The molecule has 0 fully saturated rings. The van der Waals surface area contributed by atoms with Crippen molar-refractivity contribution in [1.82, 2.24) is 0 Å². The van der Waals surface area contributed by atoms with E-state index in [2.05, 4.69) is 34.6 Å². The van der Waals surface area contributed by atoms with E-state index < -0.39 is 97.5 Å². The molecule has 0 bridgehead atoms. The SMILES string of the molecule is CCCCCCCCCCCCCCCCC(=O)O[C@H](COC(=O)CCCCCCCCCC(C)C)COP(=O)(O)OC[C@@H](O)COP(=O)(O)OC[C@@H](COC(=O)CCCCCCCCC)OC(=O)CCCCCCCCCC. The standard InChI is InChI=1S/C60H116O17P2/c1-6-9-12-15-18-20-21-22-23-24-25-30-36-41-46-60(65)77-56(50-71-58(63)44-39-34-31-26-28-32-37-42-53(4)5)52-75-79(68,69)73-48-54(61)47-72-78(66,67)74-51-55(49-70-57(62)43-38-33-27-17-14-11-8-3)76-59(64)45-40-35-29-19-16-13-10-7-2/h53-56,61H,6-52H2,1-5H3,(H,66,67)(H,68,69)/t54-,55+,56+/m0/s1. The lowest BCUT2D eigenvalue weighted by molar-refractivity contribution is -0.161. The molecule has 0 heterocycles. The monoisotopic (exact) mass is 1170 g/mol. The fraction of sp³-hybridized carbons (Fsp3) is 0.933. The first-order valence-corrected chi connectivity index (χ1v) is 34.6. The van der Waals surface area contributed by atoms with E-state index in [9.17, 15) is 43.2 Å². The molecule has 5 atom stereocenters. The van der Waals surface area contributed by atoms with Crippen molar-refractivity contribution >= 4 is 39.5 Å². The third-order valence-electron chi connectivity index (χ3n) is 13.8. The van der Waals surface area contributed by atoms with Gasteiger partial charge in [0.05, 0.1) is 26.4 Å². The number of phosphoric ester groups is 2. The third kappa shape index (κ3) is 55.0. The van der Waals surface area contributed by atoms with Crippen LogP contribution in [-0.4, -0.2) is 96.7 Å². The Bertz CT molecular complexity index is 1550. The molecule has 0 aromatic heterocycles. The molecule has 79 heavy (non-hydrogen) atoms. The molecule has 0 aromatic carbocycles. The number of carbonyl (C=O) groups excluding carboxylic acids is 4. The van der Waals surface area contributed by atoms with Gasteiger partial charge >= 0.3 is 39.5 Å². The van der Waals surface area contributed by atoms with Gasteiger partial charge in [0.2, 0.25) is 0 Å². The van der Waals surface area contributed by atoms with Gasteiger partial charge in [-0.15, -0.1) is 0 Å². The Labute approximate surface area is 479 Å². The Kier molecular flexibility index (Phi) is 52.7. The molecule has 0 aliphatic carbocycles. The lowest BCUT2D eigenvalue weighted by Crippen LogP contribution is -2.30. The molecule has 468 valence electrons. The van der Waals surface area contributed by atoms with Crippen LogP contribution in [0.2, 0.25) is 0 Å². The second-order valence-electron chi connectivity index (χ2n) is 22.2. The van der Waals surface area contributed by atoms with Crippen molar-refractivity contribution in [2.75, 3.05) is 39.6 Å². The zero-order valence-corrected chi connectivity index (χ0v) is 52.3. The molecular weight excluding hydrogens is 1050 g/mol. The summed E-state index contributed by atoms with van der Waals surface area (Å²) in [5, 5.41) is 10.5. The van der Waals surface area contributed by atoms with Crippen molar-refractivity contribution in [3.63, 3.8) is 0 Å². The average Bonchev–Trinajstić information content (AvgIpc) is 3.41. The van der Waals surface area contributed by atoms with E-state index in [4.69, 9.17) is 37.0 Å². The maximum Gasteiger partial charge on any atom is 0.472 e. The van der Waals surface area contributed by atoms with E-state index in [1.165, 1.54) is 96.3 Å². The number of ether oxygens (including phenoxy) is 4. The predicted molar refractivity (Wildman–Crippen MR) is 312 cm³/mol. The second-order valence-corrected chi connectivity index (χ2v) is 25.1. The molecule has 0 aromatic rings. The fourth-order valence-corrected chi connectivity index (χ4v) is 10.5. The normalized spacial score (nSPS) is 14.3. The lowest BCUT2D eigenvalue weighted by Gasteiger charge is -2.21. The Morgan fingerprint density at radius 3 is 0.861 bits per heavy atom. The molecule has 0 saturated heterocycles. The van der Waals surface area contributed by atoms with Crippen LogP contribution in [0.15, 0.2) is 0 Å². The smallest absolute Gasteiger partial charge is 0.462 e. The number of carbonyl (C=O) groups is 4. The van der Waals surface area contributed by atoms with Gasteiger partial charge in [0.25, 0.3) is 0 Å². The highest BCUT2D eigenvalue weighted by molar-refractivity contribution is 7.47. The van der Waals surface area contributed by atoms with Crippen LogP contribution in [0.25, 0.3) is 0 Å². The molecule has 17 nitrogen and oxygen atoms in total. The van der Waals surface area contributed by atoms with Crippen LogP contribution in [0.4, 0.5) is 0 Å². The Balaban J connectivity index is 5.19. The predicted octanol–water partition coefficient (Wildman–Crippen LogP) is 16.2. The van der Waals surface area contributed by atoms with Crippen LogP contribution >= 0.6 is 15.6 Å². The van der Waals surface area contributed by atoms with Crippen LogP contribution < -0.4 is 0 Å². The van der Waals surface area contributed by atoms with Gasteiger partial charge in [-0.1, -0.05) is 247 Å². The number of aliphatic hydroxyl groups excluding tert-OH is 1. The summed E-state index contributed by atoms with van der Waals surface area (Å²) in [7, 11) is -9.87. The maximum absolute atomic E-state index is 12.9. The van der Waals surface area contributed by atoms with Crippen molar-refractivity contribution in [2.45, 2.75) is 316 Å². The Morgan fingerprint density at radius 1 is 0.342 bits per heavy atom. The van der Waals surface area contributed by atoms with E-state index >= 15 is 0 Å². The van der Waals surface area contributed by atoms with Gasteiger partial charge in [-0.05, 0) is 31.6 Å². The lowest BCUT2D eigenvalue weighted by atomic mass is 10.0. The maximum atomic E-state index is 12.9. The Hall–Kier alpha value is -1.94. The molecule has 0 aliphatic rings. The molecular formula is C60H116O17P2. The van der Waals surface area contributed by atoms with Gasteiger partial charge in [0, 0.05) is 25.7 Å². The highest BCUT2D eigenvalue weighted by Gasteiger charge is 2.30. The number of hydrogen-bond acceptors (Lipinski definition) is 15. The van der Waals surface area contributed by atoms with Gasteiger partial charge in [-0.3, -0.25) is 37.3 Å². The summed E-state index contributed by atoms with van der Waals surface area (Å²) in [6.45, 7) is 7.04. The van der Waals surface area contributed by atoms with Crippen molar-refractivity contribution in [3.05, 3.63) is 0 Å². The van der Waals surface area contributed by atoms with Gasteiger partial charge in [0.1, 0.15) is 19.3 Å². The van der Waals surface area contributed by atoms with Crippen molar-refractivity contribution in [1.29, 1.82) is 0 Å². The van der Waals surface area contributed by atoms with Crippen LogP contribution in [0.3, 0.4) is 0 Å². The number of esters is 4. The minimum Gasteiger partial charge on any atom is -0.462 e. The van der Waals surface area contributed by atoms with Crippen molar-refractivity contribution in [2.24, 2.45) is 5.92 Å². The molecule has 0 amide bonds. The van der Waals surface area contributed by atoms with Crippen LogP contribution in [0, 0.1) is 5.92 Å². The number of unbranched alkanes of at least 4 members (excludes halogenated alkanes) is 32. The summed E-state index contributed by atoms with van der Waals surface area (Å²) in [5.41, 5.74) is 0. The summed E-state index contributed by atoms with van der Waals surface area (Å²) in [6, 6.07) is 0. The number of hydrogen-bond donors (Lipinski definition) is 3. The molecule has 0 spiro atoms. The van der Waals surface area contributed by atoms with Gasteiger partial charge in [0.15, 0.2) is 12.2 Å². The molecule has 0 rings (SSSR count). The summed E-state index contributed by atoms with van der Waals surface area (Å²) in [5.74, 6) is -1.44. The highest BCUT2D eigenvalue weighted by atomic mass is 31.2. The molecule has 2 unspecified atom stereocenters. The largest absolute Gasteiger partial charge is 0.472 e. The zero-order valence-electron chi connectivity index (χ0n) is 50.5. The fourth-order valence-electron chi connectivity index (χ4n) is 8.88. The van der Waals surface area contributed by atoms with E-state index in [-0.39, 0.29) is 25.7 Å².